The molecule has 0 saturated carbocycles. The summed E-state index contributed by atoms with van der Waals surface area (Å²) in [5.41, 5.74) is 4.94. The molecule has 0 bridgehead atoms. The van der Waals surface area contributed by atoms with Crippen LogP contribution in [0.5, 0.6) is 0 Å². The Bertz CT molecular complexity index is 586. The van der Waals surface area contributed by atoms with Gasteiger partial charge in [0, 0.05) is 10.6 Å². The van der Waals surface area contributed by atoms with Gasteiger partial charge in [-0.2, -0.15) is 13.2 Å². The van der Waals surface area contributed by atoms with Gasteiger partial charge < -0.3 is 5.73 Å². The number of thioether (sulfide) groups is 1. The highest BCUT2D eigenvalue weighted by molar-refractivity contribution is 7.98. The van der Waals surface area contributed by atoms with Crippen molar-refractivity contribution in [3.63, 3.8) is 0 Å². The number of hydrogen-bond donors (Lipinski definition) is 1. The summed E-state index contributed by atoms with van der Waals surface area (Å²) in [5.74, 6) is 0.458. The summed E-state index contributed by atoms with van der Waals surface area (Å²) in [6.45, 7) is 0. The zero-order valence-corrected chi connectivity index (χ0v) is 11.6. The van der Waals surface area contributed by atoms with Gasteiger partial charge in [0.2, 0.25) is 4.47 Å². The van der Waals surface area contributed by atoms with E-state index >= 15 is 0 Å². The molecule has 2 aromatic rings. The first kappa shape index (κ1) is 14.4. The van der Waals surface area contributed by atoms with Crippen molar-refractivity contribution in [1.29, 1.82) is 0 Å². The minimum absolute atomic E-state index is 0.0930. The first-order chi connectivity index (χ1) is 8.86. The lowest BCUT2D eigenvalue weighted by Gasteiger charge is -2.09. The van der Waals surface area contributed by atoms with Crippen LogP contribution >= 0.6 is 34.7 Å². The molecule has 1 aromatic carbocycles. The van der Waals surface area contributed by atoms with E-state index in [1.807, 2.05) is 0 Å². The van der Waals surface area contributed by atoms with Gasteiger partial charge in [0.25, 0.3) is 0 Å². The van der Waals surface area contributed by atoms with E-state index in [9.17, 15) is 13.2 Å². The van der Waals surface area contributed by atoms with Crippen molar-refractivity contribution >= 4 is 40.4 Å². The van der Waals surface area contributed by atoms with Gasteiger partial charge in [0.05, 0.1) is 11.3 Å². The molecule has 0 unspecified atom stereocenters. The molecule has 2 rings (SSSR count). The molecule has 0 aliphatic heterocycles. The lowest BCUT2D eigenvalue weighted by Crippen LogP contribution is -2.05. The van der Waals surface area contributed by atoms with Gasteiger partial charge in [-0.1, -0.05) is 11.3 Å². The Balaban J connectivity index is 2.09. The Hall–Kier alpha value is -0.990. The summed E-state index contributed by atoms with van der Waals surface area (Å²) < 4.78 is 37.7. The molecule has 1 aromatic heterocycles. The third-order valence-corrected chi connectivity index (χ3v) is 4.43. The Morgan fingerprint density at radius 2 is 2.05 bits per heavy atom. The molecule has 0 aliphatic carbocycles. The summed E-state index contributed by atoms with van der Waals surface area (Å²) in [7, 11) is 0. The van der Waals surface area contributed by atoms with Gasteiger partial charge in [0.15, 0.2) is 0 Å². The predicted molar refractivity (Wildman–Crippen MR) is 70.3 cm³/mol. The molecule has 0 aliphatic rings. The fourth-order valence-corrected chi connectivity index (χ4v) is 3.09. The summed E-state index contributed by atoms with van der Waals surface area (Å²) in [6.07, 6.45) is -4.38. The highest BCUT2D eigenvalue weighted by atomic mass is 35.5. The highest BCUT2D eigenvalue weighted by Gasteiger charge is 2.30. The number of hydrogen-bond acceptors (Lipinski definition) is 5. The van der Waals surface area contributed by atoms with Crippen molar-refractivity contribution in [2.75, 3.05) is 5.73 Å². The lowest BCUT2D eigenvalue weighted by atomic mass is 10.2. The normalized spacial score (nSPS) is 11.8. The van der Waals surface area contributed by atoms with Crippen LogP contribution in [0.4, 0.5) is 18.9 Å². The number of nitrogens with zero attached hydrogens (tertiary/aromatic N) is 2. The van der Waals surface area contributed by atoms with E-state index in [0.717, 1.165) is 12.1 Å². The molecule has 3 nitrogen and oxygen atoms in total. The average Bonchev–Trinajstić information content (AvgIpc) is 2.72. The van der Waals surface area contributed by atoms with Crippen LogP contribution < -0.4 is 5.73 Å². The lowest BCUT2D eigenvalue weighted by molar-refractivity contribution is -0.137. The van der Waals surface area contributed by atoms with Crippen LogP contribution in [0.1, 0.15) is 10.6 Å². The zero-order chi connectivity index (χ0) is 14.0. The minimum Gasteiger partial charge on any atom is -0.398 e. The van der Waals surface area contributed by atoms with Crippen molar-refractivity contribution in [3.8, 4) is 0 Å². The van der Waals surface area contributed by atoms with Crippen molar-refractivity contribution in [3.05, 3.63) is 33.2 Å². The Labute approximate surface area is 120 Å². The molecule has 0 fully saturated rings. The van der Waals surface area contributed by atoms with Gasteiger partial charge in [-0.15, -0.1) is 22.0 Å². The van der Waals surface area contributed by atoms with E-state index in [-0.39, 0.29) is 5.69 Å². The monoisotopic (exact) mass is 325 g/mol. The van der Waals surface area contributed by atoms with Crippen LogP contribution in [0.15, 0.2) is 23.1 Å². The van der Waals surface area contributed by atoms with Crippen LogP contribution in [0.3, 0.4) is 0 Å². The largest absolute Gasteiger partial charge is 0.416 e. The molecule has 1 heterocycles. The summed E-state index contributed by atoms with van der Waals surface area (Å²) in [4.78, 5) is 0.569. The molecular formula is C10H7ClF3N3S2. The molecule has 9 heteroatoms. The molecule has 0 spiro atoms. The number of alkyl halides is 3. The molecule has 2 N–H and O–H groups in total. The third kappa shape index (κ3) is 3.74. The second-order valence-electron chi connectivity index (χ2n) is 3.49. The van der Waals surface area contributed by atoms with Gasteiger partial charge in [0.1, 0.15) is 5.01 Å². The topological polar surface area (TPSA) is 51.8 Å². The number of aromatic nitrogens is 2. The SMILES string of the molecule is Nc1cc(C(F)(F)F)ccc1SCc1nnc(Cl)s1. The van der Waals surface area contributed by atoms with Gasteiger partial charge in [-0.05, 0) is 29.8 Å². The molecule has 0 amide bonds. The number of nitrogen functional groups attached to an aromatic ring is 1. The average molecular weight is 326 g/mol. The maximum absolute atomic E-state index is 12.5. The maximum Gasteiger partial charge on any atom is 0.416 e. The minimum atomic E-state index is -4.38. The molecule has 0 radical (unpaired) electrons. The smallest absolute Gasteiger partial charge is 0.398 e. The number of benzene rings is 1. The molecule has 0 saturated heterocycles. The van der Waals surface area contributed by atoms with E-state index < -0.39 is 11.7 Å². The van der Waals surface area contributed by atoms with Crippen LogP contribution in [0.2, 0.25) is 4.47 Å². The molecular weight excluding hydrogens is 319 g/mol. The summed E-state index contributed by atoms with van der Waals surface area (Å²) >= 11 is 8.14. The Morgan fingerprint density at radius 1 is 1.32 bits per heavy atom. The van der Waals surface area contributed by atoms with Crippen molar-refractivity contribution in [2.24, 2.45) is 0 Å². The highest BCUT2D eigenvalue weighted by Crippen LogP contribution is 2.35. The summed E-state index contributed by atoms with van der Waals surface area (Å²) in [5, 5.41) is 8.14. The second kappa shape index (κ2) is 5.56. The number of anilines is 1. The van der Waals surface area contributed by atoms with Crippen LogP contribution in [0.25, 0.3) is 0 Å². The fourth-order valence-electron chi connectivity index (χ4n) is 1.29. The van der Waals surface area contributed by atoms with Crippen molar-refractivity contribution in [1.82, 2.24) is 10.2 Å². The van der Waals surface area contributed by atoms with E-state index in [4.69, 9.17) is 17.3 Å². The van der Waals surface area contributed by atoms with Crippen LogP contribution in [-0.4, -0.2) is 10.2 Å². The van der Waals surface area contributed by atoms with E-state index in [1.165, 1.54) is 29.2 Å². The van der Waals surface area contributed by atoms with Gasteiger partial charge >= 0.3 is 6.18 Å². The van der Waals surface area contributed by atoms with Crippen molar-refractivity contribution < 1.29 is 13.2 Å². The first-order valence-electron chi connectivity index (χ1n) is 4.93. The number of halogens is 4. The Morgan fingerprint density at radius 3 is 2.58 bits per heavy atom. The zero-order valence-electron chi connectivity index (χ0n) is 9.24. The van der Waals surface area contributed by atoms with Crippen LogP contribution in [0, 0.1) is 0 Å². The standard InChI is InChI=1S/C10H7ClF3N3S2/c11-9-17-16-8(19-9)4-18-7-2-1-5(3-6(7)15)10(12,13)14/h1-3H,4,15H2. The first-order valence-corrected chi connectivity index (χ1v) is 7.11. The molecule has 102 valence electrons. The van der Waals surface area contributed by atoms with Gasteiger partial charge in [-0.3, -0.25) is 0 Å². The maximum atomic E-state index is 12.5. The number of rotatable bonds is 3. The van der Waals surface area contributed by atoms with Crippen LogP contribution in [-0.2, 0) is 11.9 Å². The van der Waals surface area contributed by atoms with E-state index in [0.29, 0.717) is 20.1 Å². The number of nitrogens with two attached hydrogens (primary N) is 1. The predicted octanol–water partition coefficient (Wildman–Crippen LogP) is 4.08. The molecule has 0 atom stereocenters. The van der Waals surface area contributed by atoms with Gasteiger partial charge in [-0.25, -0.2) is 0 Å². The summed E-state index contributed by atoms with van der Waals surface area (Å²) in [6, 6.07) is 3.28. The third-order valence-electron chi connectivity index (χ3n) is 2.13. The quantitative estimate of drug-likeness (QED) is 0.682. The fraction of sp³-hybridized carbons (Fsp3) is 0.200. The second-order valence-corrected chi connectivity index (χ2v) is 6.15. The van der Waals surface area contributed by atoms with E-state index in [1.54, 1.807) is 0 Å². The Kier molecular flexibility index (Phi) is 4.22. The molecule has 19 heavy (non-hydrogen) atoms. The van der Waals surface area contributed by atoms with Crippen molar-refractivity contribution in [2.45, 2.75) is 16.8 Å². The van der Waals surface area contributed by atoms with E-state index in [2.05, 4.69) is 10.2 Å².